The highest BCUT2D eigenvalue weighted by Crippen LogP contribution is 2.33. The molecule has 0 amide bonds. The molecule has 2 saturated heterocycles. The molecule has 0 saturated carbocycles. The minimum absolute atomic E-state index is 0.137. The number of sulfonamides is 1. The van der Waals surface area contributed by atoms with E-state index in [1.54, 1.807) is 0 Å². The van der Waals surface area contributed by atoms with Crippen molar-refractivity contribution in [3.05, 3.63) is 0 Å². The van der Waals surface area contributed by atoms with E-state index in [0.29, 0.717) is 18.4 Å². The van der Waals surface area contributed by atoms with Crippen LogP contribution in [-0.2, 0) is 10.0 Å². The maximum Gasteiger partial charge on any atom is 0.217 e. The third kappa shape index (κ3) is 4.29. The average molecular weight is 345 g/mol. The summed E-state index contributed by atoms with van der Waals surface area (Å²) in [4.78, 5) is 2.41. The number of rotatable bonds is 3. The van der Waals surface area contributed by atoms with Crippen molar-refractivity contribution in [2.24, 2.45) is 11.8 Å². The van der Waals surface area contributed by atoms with E-state index in [1.165, 1.54) is 0 Å². The second-order valence-electron chi connectivity index (χ2n) is 8.89. The summed E-state index contributed by atoms with van der Waals surface area (Å²) in [6.07, 6.45) is 3.58. The summed E-state index contributed by atoms with van der Waals surface area (Å²) in [5.74, 6) is 1.32. The molecule has 2 heterocycles. The molecule has 2 rings (SSSR count). The lowest BCUT2D eigenvalue weighted by molar-refractivity contribution is 0.109. The zero-order valence-electron chi connectivity index (χ0n) is 15.9. The van der Waals surface area contributed by atoms with E-state index in [4.69, 9.17) is 0 Å². The first-order chi connectivity index (χ1) is 10.5. The molecular weight excluding hydrogens is 308 g/mol. The molecule has 0 spiro atoms. The van der Waals surface area contributed by atoms with Gasteiger partial charge in [0, 0.05) is 18.1 Å². The van der Waals surface area contributed by atoms with Gasteiger partial charge in [-0.1, -0.05) is 13.8 Å². The molecule has 2 aliphatic rings. The quantitative estimate of drug-likeness (QED) is 0.788. The predicted molar refractivity (Wildman–Crippen MR) is 97.0 cm³/mol. The van der Waals surface area contributed by atoms with Crippen LogP contribution < -0.4 is 0 Å². The Bertz CT molecular complexity index is 488. The van der Waals surface area contributed by atoms with Crippen LogP contribution in [0.25, 0.3) is 0 Å². The second kappa shape index (κ2) is 7.01. The summed E-state index contributed by atoms with van der Waals surface area (Å²) in [5, 5.41) is -0.181. The van der Waals surface area contributed by atoms with Gasteiger partial charge in [0.1, 0.15) is 0 Å². The molecule has 0 aromatic rings. The van der Waals surface area contributed by atoms with E-state index in [0.717, 1.165) is 38.8 Å². The summed E-state index contributed by atoms with van der Waals surface area (Å²) in [5.41, 5.74) is 0.137. The van der Waals surface area contributed by atoms with E-state index >= 15 is 0 Å². The van der Waals surface area contributed by atoms with Crippen molar-refractivity contribution in [1.29, 1.82) is 0 Å². The number of hydrogen-bond acceptors (Lipinski definition) is 3. The fourth-order valence-electron chi connectivity index (χ4n) is 4.19. The van der Waals surface area contributed by atoms with Gasteiger partial charge in [0.2, 0.25) is 10.0 Å². The van der Waals surface area contributed by atoms with Crippen LogP contribution in [0.1, 0.15) is 67.2 Å². The highest BCUT2D eigenvalue weighted by atomic mass is 32.2. The molecule has 2 atom stereocenters. The van der Waals surface area contributed by atoms with Crippen LogP contribution in [0, 0.1) is 11.8 Å². The SMILES string of the molecule is CC(C)C1CCN(S(=O)(=O)C2CCN(C(C)(C)C)CC2)C(C)C1. The van der Waals surface area contributed by atoms with Gasteiger partial charge in [-0.15, -0.1) is 0 Å². The largest absolute Gasteiger partial charge is 0.298 e. The van der Waals surface area contributed by atoms with Crippen molar-refractivity contribution in [1.82, 2.24) is 9.21 Å². The molecule has 0 bridgehead atoms. The molecule has 23 heavy (non-hydrogen) atoms. The Morgan fingerprint density at radius 1 is 1.00 bits per heavy atom. The van der Waals surface area contributed by atoms with Crippen molar-refractivity contribution >= 4 is 10.0 Å². The summed E-state index contributed by atoms with van der Waals surface area (Å²) in [7, 11) is -3.15. The van der Waals surface area contributed by atoms with Gasteiger partial charge in [-0.05, 0) is 78.3 Å². The molecule has 5 heteroatoms. The van der Waals surface area contributed by atoms with Crippen molar-refractivity contribution in [2.75, 3.05) is 19.6 Å². The first-order valence-electron chi connectivity index (χ1n) is 9.29. The standard InChI is InChI=1S/C18H36N2O2S/c1-14(2)16-7-12-20(15(3)13-16)23(21,22)17-8-10-19(11-9-17)18(4,5)6/h14-17H,7-13H2,1-6H3. The summed E-state index contributed by atoms with van der Waals surface area (Å²) < 4.78 is 28.0. The molecule has 2 aliphatic heterocycles. The topological polar surface area (TPSA) is 40.6 Å². The van der Waals surface area contributed by atoms with Gasteiger partial charge in [0.05, 0.1) is 5.25 Å². The maximum absolute atomic E-state index is 13.1. The van der Waals surface area contributed by atoms with E-state index < -0.39 is 10.0 Å². The van der Waals surface area contributed by atoms with Crippen LogP contribution >= 0.6 is 0 Å². The Balaban J connectivity index is 2.00. The van der Waals surface area contributed by atoms with Crippen LogP contribution in [0.15, 0.2) is 0 Å². The fourth-order valence-corrected chi connectivity index (χ4v) is 6.32. The predicted octanol–water partition coefficient (Wildman–Crippen LogP) is 3.34. The molecule has 2 unspecified atom stereocenters. The molecule has 0 radical (unpaired) electrons. The van der Waals surface area contributed by atoms with Crippen LogP contribution in [0.2, 0.25) is 0 Å². The average Bonchev–Trinajstić information content (AvgIpc) is 2.46. The van der Waals surface area contributed by atoms with Crippen molar-refractivity contribution in [3.8, 4) is 0 Å². The Morgan fingerprint density at radius 3 is 2.00 bits per heavy atom. The van der Waals surface area contributed by atoms with E-state index in [9.17, 15) is 8.42 Å². The number of nitrogens with zero attached hydrogens (tertiary/aromatic N) is 2. The van der Waals surface area contributed by atoms with Gasteiger partial charge < -0.3 is 0 Å². The third-order valence-corrected chi connectivity index (χ3v) is 8.45. The van der Waals surface area contributed by atoms with Gasteiger partial charge in [-0.25, -0.2) is 8.42 Å². The number of hydrogen-bond donors (Lipinski definition) is 0. The lowest BCUT2D eigenvalue weighted by Gasteiger charge is -2.44. The number of likely N-dealkylation sites (tertiary alicyclic amines) is 1. The molecule has 4 nitrogen and oxygen atoms in total. The van der Waals surface area contributed by atoms with E-state index in [2.05, 4.69) is 46.4 Å². The smallest absolute Gasteiger partial charge is 0.217 e. The molecule has 2 fully saturated rings. The number of piperidine rings is 2. The zero-order valence-corrected chi connectivity index (χ0v) is 16.7. The molecule has 0 N–H and O–H groups in total. The molecule has 0 aromatic carbocycles. The summed E-state index contributed by atoms with van der Waals surface area (Å²) in [6, 6.07) is 0.154. The van der Waals surface area contributed by atoms with Gasteiger partial charge in [0.25, 0.3) is 0 Å². The molecule has 0 aliphatic carbocycles. The zero-order chi connectivity index (χ0) is 17.4. The Hall–Kier alpha value is -0.130. The lowest BCUT2D eigenvalue weighted by Crippen LogP contribution is -2.53. The van der Waals surface area contributed by atoms with Crippen LogP contribution in [0.3, 0.4) is 0 Å². The molecular formula is C18H36N2O2S. The maximum atomic E-state index is 13.1. The van der Waals surface area contributed by atoms with Crippen molar-refractivity contribution in [3.63, 3.8) is 0 Å². The van der Waals surface area contributed by atoms with E-state index in [-0.39, 0.29) is 16.8 Å². The van der Waals surface area contributed by atoms with Crippen LogP contribution in [-0.4, -0.2) is 54.1 Å². The Morgan fingerprint density at radius 2 is 1.57 bits per heavy atom. The minimum Gasteiger partial charge on any atom is -0.298 e. The normalized spacial score (nSPS) is 30.0. The Kier molecular flexibility index (Phi) is 5.85. The van der Waals surface area contributed by atoms with Crippen LogP contribution in [0.4, 0.5) is 0 Å². The highest BCUT2D eigenvalue weighted by molar-refractivity contribution is 7.89. The Labute approximate surface area is 143 Å². The first-order valence-corrected chi connectivity index (χ1v) is 10.8. The molecule has 0 aromatic heterocycles. The summed E-state index contributed by atoms with van der Waals surface area (Å²) in [6.45, 7) is 15.7. The lowest BCUT2D eigenvalue weighted by atomic mass is 9.84. The van der Waals surface area contributed by atoms with Crippen molar-refractivity contribution < 1.29 is 8.42 Å². The fraction of sp³-hybridized carbons (Fsp3) is 1.00. The monoisotopic (exact) mass is 344 g/mol. The van der Waals surface area contributed by atoms with Crippen molar-refractivity contribution in [2.45, 2.75) is 84.1 Å². The highest BCUT2D eigenvalue weighted by Gasteiger charge is 2.41. The molecule has 136 valence electrons. The van der Waals surface area contributed by atoms with Gasteiger partial charge in [-0.2, -0.15) is 4.31 Å². The first kappa shape index (κ1) is 19.2. The van der Waals surface area contributed by atoms with Gasteiger partial charge in [-0.3, -0.25) is 4.90 Å². The van der Waals surface area contributed by atoms with E-state index in [1.807, 2.05) is 4.31 Å². The summed E-state index contributed by atoms with van der Waals surface area (Å²) >= 11 is 0. The second-order valence-corrected chi connectivity index (χ2v) is 11.1. The van der Waals surface area contributed by atoms with Gasteiger partial charge in [0.15, 0.2) is 0 Å². The third-order valence-electron chi connectivity index (χ3n) is 5.94. The minimum atomic E-state index is -3.15. The van der Waals surface area contributed by atoms with Gasteiger partial charge >= 0.3 is 0 Å². The van der Waals surface area contributed by atoms with Crippen LogP contribution in [0.5, 0.6) is 0 Å².